The molecule has 2 fully saturated rings. The van der Waals surface area contributed by atoms with Gasteiger partial charge in [0.25, 0.3) is 0 Å². The summed E-state index contributed by atoms with van der Waals surface area (Å²) in [5.41, 5.74) is 3.24. The summed E-state index contributed by atoms with van der Waals surface area (Å²) < 4.78 is 43.6. The Hall–Kier alpha value is -3.04. The lowest BCUT2D eigenvalue weighted by Gasteiger charge is -2.44. The van der Waals surface area contributed by atoms with Crippen molar-refractivity contribution < 1.29 is 18.0 Å². The van der Waals surface area contributed by atoms with Gasteiger partial charge in [0, 0.05) is 38.1 Å². The lowest BCUT2D eigenvalue weighted by molar-refractivity contribution is -0.125. The van der Waals surface area contributed by atoms with E-state index in [4.69, 9.17) is 0 Å². The third-order valence-corrected chi connectivity index (χ3v) is 7.48. The summed E-state index contributed by atoms with van der Waals surface area (Å²) in [6.07, 6.45) is 2.74. The van der Waals surface area contributed by atoms with Gasteiger partial charge in [0.1, 0.15) is 23.3 Å². The fraction of sp³-hybridized carbons (Fsp3) is 0.444. The molecule has 2 saturated heterocycles. The van der Waals surface area contributed by atoms with Crippen molar-refractivity contribution in [3.63, 3.8) is 0 Å². The quantitative estimate of drug-likeness (QED) is 0.479. The molecule has 2 aliphatic rings. The van der Waals surface area contributed by atoms with Crippen LogP contribution in [0.1, 0.15) is 38.2 Å². The third-order valence-electron chi connectivity index (χ3n) is 7.48. The van der Waals surface area contributed by atoms with Gasteiger partial charge in [-0.15, -0.1) is 0 Å². The zero-order valence-electron chi connectivity index (χ0n) is 21.0. The second kappa shape index (κ2) is 10.5. The molecule has 0 bridgehead atoms. The number of nitrogens with one attached hydrogen (secondary N) is 3. The number of nitrogens with zero attached hydrogens (tertiary/aromatic N) is 2. The van der Waals surface area contributed by atoms with Crippen LogP contribution in [0.4, 0.5) is 13.2 Å². The normalized spacial score (nSPS) is 23.7. The van der Waals surface area contributed by atoms with Crippen molar-refractivity contribution in [3.05, 3.63) is 71.8 Å². The average Bonchev–Trinajstić information content (AvgIpc) is 3.12. The van der Waals surface area contributed by atoms with E-state index in [-0.39, 0.29) is 35.7 Å². The molecule has 6 nitrogen and oxygen atoms in total. The minimum atomic E-state index is -0.763. The van der Waals surface area contributed by atoms with Crippen molar-refractivity contribution >= 4 is 5.91 Å². The van der Waals surface area contributed by atoms with Gasteiger partial charge >= 0.3 is 0 Å². The molecule has 194 valence electrons. The molecule has 0 aromatic heterocycles. The number of rotatable bonds is 8. The van der Waals surface area contributed by atoms with E-state index in [1.165, 1.54) is 6.07 Å². The summed E-state index contributed by atoms with van der Waals surface area (Å²) in [6.45, 7) is 6.99. The van der Waals surface area contributed by atoms with Crippen molar-refractivity contribution in [2.24, 2.45) is 0 Å². The second-order valence-corrected chi connectivity index (χ2v) is 9.51. The maximum absolute atomic E-state index is 15.9. The molecule has 1 spiro atoms. The molecule has 0 radical (unpaired) electrons. The van der Waals surface area contributed by atoms with Crippen LogP contribution in [0.3, 0.4) is 0 Å². The zero-order chi connectivity index (χ0) is 26.0. The standard InChI is InChI=1S/C27H34F3N5O/c1-5-34(32-4)17(2)35-23(27(16-24(35)31-3)11-7-10-25(36)33-27)14-18-8-6-9-22(26(18)30)19-12-20(28)15-21(29)13-19/h6,8-9,12-13,15,23-24,31-32H,2,5,7,10-11,14,16H2,1,3-4H3,(H,33,36). The van der Waals surface area contributed by atoms with Crippen LogP contribution in [0.5, 0.6) is 0 Å². The highest BCUT2D eigenvalue weighted by Gasteiger charge is 2.54. The highest BCUT2D eigenvalue weighted by atomic mass is 19.1. The van der Waals surface area contributed by atoms with E-state index < -0.39 is 23.0 Å². The molecular weight excluding hydrogens is 467 g/mol. The summed E-state index contributed by atoms with van der Waals surface area (Å²) in [5, 5.41) is 8.50. The van der Waals surface area contributed by atoms with E-state index in [1.807, 2.05) is 26.0 Å². The highest BCUT2D eigenvalue weighted by molar-refractivity contribution is 5.78. The number of piperidine rings is 1. The molecule has 3 atom stereocenters. The number of halogens is 3. The molecular formula is C27H34F3N5O. The topological polar surface area (TPSA) is 59.6 Å². The van der Waals surface area contributed by atoms with Crippen LogP contribution in [0.2, 0.25) is 0 Å². The number of benzene rings is 2. The Kier molecular flexibility index (Phi) is 7.61. The molecule has 3 unspecified atom stereocenters. The van der Waals surface area contributed by atoms with Gasteiger partial charge in [0.15, 0.2) is 0 Å². The minimum absolute atomic E-state index is 0.0148. The van der Waals surface area contributed by atoms with Gasteiger partial charge in [0.05, 0.1) is 17.7 Å². The maximum Gasteiger partial charge on any atom is 0.220 e. The zero-order valence-corrected chi connectivity index (χ0v) is 21.0. The van der Waals surface area contributed by atoms with Crippen LogP contribution in [0.25, 0.3) is 11.1 Å². The van der Waals surface area contributed by atoms with E-state index >= 15 is 4.39 Å². The van der Waals surface area contributed by atoms with Crippen molar-refractivity contribution in [2.75, 3.05) is 20.6 Å². The number of carbonyl (C=O) groups is 1. The number of amides is 1. The molecule has 2 aromatic carbocycles. The van der Waals surface area contributed by atoms with Gasteiger partial charge < -0.3 is 15.5 Å². The van der Waals surface area contributed by atoms with Crippen LogP contribution in [0, 0.1) is 17.5 Å². The highest BCUT2D eigenvalue weighted by Crippen LogP contribution is 2.42. The number of hydrogen-bond acceptors (Lipinski definition) is 5. The van der Waals surface area contributed by atoms with Crippen molar-refractivity contribution in [2.45, 2.75) is 56.8 Å². The molecule has 2 aromatic rings. The Balaban J connectivity index is 1.78. The van der Waals surface area contributed by atoms with Crippen molar-refractivity contribution in [1.82, 2.24) is 26.0 Å². The molecule has 4 rings (SSSR count). The maximum atomic E-state index is 15.9. The Morgan fingerprint density at radius 3 is 2.56 bits per heavy atom. The third kappa shape index (κ3) is 4.82. The predicted molar refractivity (Wildman–Crippen MR) is 134 cm³/mol. The number of hydrazine groups is 1. The molecule has 9 heteroatoms. The first-order chi connectivity index (χ1) is 17.2. The fourth-order valence-corrected chi connectivity index (χ4v) is 5.81. The SMILES string of the molecule is C=C(N(CC)NC)N1C(NC)CC2(CCCC(=O)N2)C1Cc1cccc(-c2cc(F)cc(F)c2)c1F. The molecule has 2 heterocycles. The summed E-state index contributed by atoms with van der Waals surface area (Å²) in [6, 6.07) is 7.62. The van der Waals surface area contributed by atoms with Crippen molar-refractivity contribution in [1.29, 1.82) is 0 Å². The summed E-state index contributed by atoms with van der Waals surface area (Å²) in [7, 11) is 3.68. The number of likely N-dealkylation sites (tertiary alicyclic amines) is 1. The lowest BCUT2D eigenvalue weighted by atomic mass is 9.79. The lowest BCUT2D eigenvalue weighted by Crippen LogP contribution is -2.60. The first kappa shape index (κ1) is 26.0. The van der Waals surface area contributed by atoms with E-state index in [0.717, 1.165) is 31.0 Å². The van der Waals surface area contributed by atoms with Crippen LogP contribution < -0.4 is 16.1 Å². The fourth-order valence-electron chi connectivity index (χ4n) is 5.81. The minimum Gasteiger partial charge on any atom is -0.348 e. The second-order valence-electron chi connectivity index (χ2n) is 9.51. The number of hydrogen-bond donors (Lipinski definition) is 3. The summed E-state index contributed by atoms with van der Waals surface area (Å²) in [4.78, 5) is 14.7. The first-order valence-electron chi connectivity index (χ1n) is 12.4. The Morgan fingerprint density at radius 1 is 1.22 bits per heavy atom. The largest absolute Gasteiger partial charge is 0.348 e. The smallest absolute Gasteiger partial charge is 0.220 e. The first-order valence-corrected chi connectivity index (χ1v) is 12.4. The Morgan fingerprint density at radius 2 is 1.94 bits per heavy atom. The van der Waals surface area contributed by atoms with E-state index in [0.29, 0.717) is 30.8 Å². The van der Waals surface area contributed by atoms with Crippen LogP contribution in [-0.2, 0) is 11.2 Å². The van der Waals surface area contributed by atoms with Gasteiger partial charge in [-0.2, -0.15) is 0 Å². The summed E-state index contributed by atoms with van der Waals surface area (Å²) in [5.74, 6) is -1.36. The van der Waals surface area contributed by atoms with Gasteiger partial charge in [-0.1, -0.05) is 24.8 Å². The van der Waals surface area contributed by atoms with E-state index in [9.17, 15) is 13.6 Å². The molecule has 0 saturated carbocycles. The molecule has 2 aliphatic heterocycles. The van der Waals surface area contributed by atoms with Gasteiger partial charge in [-0.05, 0) is 56.5 Å². The average molecular weight is 502 g/mol. The molecule has 3 N–H and O–H groups in total. The Bertz CT molecular complexity index is 1120. The monoisotopic (exact) mass is 501 g/mol. The van der Waals surface area contributed by atoms with E-state index in [1.54, 1.807) is 12.1 Å². The van der Waals surface area contributed by atoms with Gasteiger partial charge in [0.2, 0.25) is 5.91 Å². The van der Waals surface area contributed by atoms with Crippen molar-refractivity contribution in [3.8, 4) is 11.1 Å². The van der Waals surface area contributed by atoms with E-state index in [2.05, 4.69) is 27.5 Å². The van der Waals surface area contributed by atoms with Crippen LogP contribution in [0.15, 0.2) is 48.8 Å². The Labute approximate surface area is 210 Å². The molecule has 0 aliphatic carbocycles. The van der Waals surface area contributed by atoms with Gasteiger partial charge in [-0.25, -0.2) is 18.6 Å². The molecule has 36 heavy (non-hydrogen) atoms. The van der Waals surface area contributed by atoms with Gasteiger partial charge in [-0.3, -0.25) is 9.80 Å². The van der Waals surface area contributed by atoms with Crippen LogP contribution in [-0.4, -0.2) is 54.2 Å². The van der Waals surface area contributed by atoms with Crippen LogP contribution >= 0.6 is 0 Å². The predicted octanol–water partition coefficient (Wildman–Crippen LogP) is 3.90. The molecule has 1 amide bonds. The summed E-state index contributed by atoms with van der Waals surface area (Å²) >= 11 is 0. The number of carbonyl (C=O) groups excluding carboxylic acids is 1.